The standard InChI is InChI=1S/C17H30N2O/c1-17(7-2-3-8-17)11-19-16(20)14-9-12-5-4-6-13(10-14)15(12)18/h12-15H,2-11,18H2,1H3,(H,19,20). The first-order chi connectivity index (χ1) is 9.57. The van der Waals surface area contributed by atoms with Gasteiger partial charge in [0.25, 0.3) is 0 Å². The van der Waals surface area contributed by atoms with Crippen molar-refractivity contribution in [2.75, 3.05) is 6.54 Å². The molecule has 2 unspecified atom stereocenters. The van der Waals surface area contributed by atoms with E-state index in [1.165, 1.54) is 44.9 Å². The molecule has 3 heteroatoms. The minimum atomic E-state index is 0.232. The van der Waals surface area contributed by atoms with Crippen LogP contribution in [-0.2, 0) is 4.79 Å². The number of rotatable bonds is 3. The van der Waals surface area contributed by atoms with Crippen molar-refractivity contribution in [2.45, 2.75) is 70.8 Å². The molecule has 0 aromatic heterocycles. The highest BCUT2D eigenvalue weighted by Gasteiger charge is 2.40. The van der Waals surface area contributed by atoms with Crippen molar-refractivity contribution < 1.29 is 4.79 Å². The molecular weight excluding hydrogens is 248 g/mol. The molecule has 3 fully saturated rings. The van der Waals surface area contributed by atoms with Gasteiger partial charge in [-0.3, -0.25) is 4.79 Å². The van der Waals surface area contributed by atoms with Crippen LogP contribution >= 0.6 is 0 Å². The van der Waals surface area contributed by atoms with E-state index in [2.05, 4.69) is 12.2 Å². The summed E-state index contributed by atoms with van der Waals surface area (Å²) in [5.41, 5.74) is 6.67. The zero-order valence-electron chi connectivity index (χ0n) is 12.9. The van der Waals surface area contributed by atoms with Crippen LogP contribution in [0.2, 0.25) is 0 Å². The molecule has 3 rings (SSSR count). The van der Waals surface area contributed by atoms with Crippen molar-refractivity contribution in [1.82, 2.24) is 5.32 Å². The molecule has 0 heterocycles. The van der Waals surface area contributed by atoms with Crippen LogP contribution in [0.5, 0.6) is 0 Å². The van der Waals surface area contributed by atoms with Gasteiger partial charge < -0.3 is 11.1 Å². The molecule has 3 aliphatic rings. The molecule has 2 atom stereocenters. The first-order valence-corrected chi connectivity index (χ1v) is 8.61. The Morgan fingerprint density at radius 1 is 1.15 bits per heavy atom. The van der Waals surface area contributed by atoms with E-state index in [-0.39, 0.29) is 5.92 Å². The monoisotopic (exact) mass is 278 g/mol. The Kier molecular flexibility index (Phi) is 4.07. The molecule has 20 heavy (non-hydrogen) atoms. The van der Waals surface area contributed by atoms with Gasteiger partial charge in [-0.25, -0.2) is 0 Å². The first-order valence-electron chi connectivity index (χ1n) is 8.61. The minimum Gasteiger partial charge on any atom is -0.355 e. The van der Waals surface area contributed by atoms with E-state index in [1.54, 1.807) is 0 Å². The van der Waals surface area contributed by atoms with Gasteiger partial charge in [0.1, 0.15) is 0 Å². The van der Waals surface area contributed by atoms with E-state index < -0.39 is 0 Å². The van der Waals surface area contributed by atoms with Gasteiger partial charge >= 0.3 is 0 Å². The van der Waals surface area contributed by atoms with Crippen LogP contribution in [0.1, 0.15) is 64.7 Å². The summed E-state index contributed by atoms with van der Waals surface area (Å²) in [6.07, 6.45) is 11.0. The van der Waals surface area contributed by atoms with E-state index in [4.69, 9.17) is 5.73 Å². The van der Waals surface area contributed by atoms with Crippen LogP contribution < -0.4 is 11.1 Å². The number of hydrogen-bond acceptors (Lipinski definition) is 2. The molecule has 3 N–H and O–H groups in total. The Balaban J connectivity index is 1.53. The van der Waals surface area contributed by atoms with Gasteiger partial charge in [0, 0.05) is 18.5 Å². The van der Waals surface area contributed by atoms with Gasteiger partial charge in [-0.15, -0.1) is 0 Å². The molecule has 3 nitrogen and oxygen atoms in total. The summed E-state index contributed by atoms with van der Waals surface area (Å²) >= 11 is 0. The second-order valence-corrected chi connectivity index (χ2v) is 7.93. The number of fused-ring (bicyclic) bond motifs is 2. The fraction of sp³-hybridized carbons (Fsp3) is 0.941. The number of amides is 1. The zero-order chi connectivity index (χ0) is 14.2. The second kappa shape index (κ2) is 5.67. The number of carbonyl (C=O) groups is 1. The molecule has 0 spiro atoms. The van der Waals surface area contributed by atoms with Gasteiger partial charge in [0.15, 0.2) is 0 Å². The maximum atomic E-state index is 12.5. The van der Waals surface area contributed by atoms with Crippen molar-refractivity contribution >= 4 is 5.91 Å². The highest BCUT2D eigenvalue weighted by atomic mass is 16.1. The molecule has 0 saturated heterocycles. The number of nitrogens with two attached hydrogens (primary N) is 1. The van der Waals surface area contributed by atoms with E-state index >= 15 is 0 Å². The van der Waals surface area contributed by atoms with Crippen LogP contribution in [0.4, 0.5) is 0 Å². The van der Waals surface area contributed by atoms with E-state index in [0.29, 0.717) is 29.2 Å². The Morgan fingerprint density at radius 3 is 2.35 bits per heavy atom. The number of hydrogen-bond donors (Lipinski definition) is 2. The first kappa shape index (κ1) is 14.4. The normalized spacial score (nSPS) is 39.5. The average molecular weight is 278 g/mol. The third-order valence-electron chi connectivity index (χ3n) is 6.28. The van der Waals surface area contributed by atoms with Crippen LogP contribution in [0.25, 0.3) is 0 Å². The van der Waals surface area contributed by atoms with Gasteiger partial charge in [-0.1, -0.05) is 26.2 Å². The number of carbonyl (C=O) groups excluding carboxylic acids is 1. The molecule has 0 radical (unpaired) electrons. The SMILES string of the molecule is CC1(CNC(=O)C2CC3CCCC(C2)C3N)CCCC1. The number of nitrogens with one attached hydrogen (secondary N) is 1. The van der Waals surface area contributed by atoms with Crippen LogP contribution in [0, 0.1) is 23.2 Å². The molecule has 3 saturated carbocycles. The molecule has 1 amide bonds. The fourth-order valence-electron chi connectivity index (χ4n) is 4.85. The Hall–Kier alpha value is -0.570. The summed E-state index contributed by atoms with van der Waals surface area (Å²) in [7, 11) is 0. The molecule has 0 aromatic carbocycles. The quantitative estimate of drug-likeness (QED) is 0.834. The Morgan fingerprint density at radius 2 is 1.75 bits per heavy atom. The van der Waals surface area contributed by atoms with Crippen molar-refractivity contribution in [3.63, 3.8) is 0 Å². The Bertz CT molecular complexity index is 348. The van der Waals surface area contributed by atoms with Crippen molar-refractivity contribution in [2.24, 2.45) is 28.9 Å². The predicted molar refractivity (Wildman–Crippen MR) is 81.1 cm³/mol. The van der Waals surface area contributed by atoms with Crippen molar-refractivity contribution in [1.29, 1.82) is 0 Å². The summed E-state index contributed by atoms with van der Waals surface area (Å²) in [6, 6.07) is 0.361. The predicted octanol–water partition coefficient (Wildman–Crippen LogP) is 2.84. The smallest absolute Gasteiger partial charge is 0.223 e. The lowest BCUT2D eigenvalue weighted by molar-refractivity contribution is -0.128. The fourth-order valence-corrected chi connectivity index (χ4v) is 4.85. The van der Waals surface area contributed by atoms with Gasteiger partial charge in [0.05, 0.1) is 0 Å². The maximum absolute atomic E-state index is 12.5. The lowest BCUT2D eigenvalue weighted by atomic mass is 9.65. The molecule has 3 aliphatic carbocycles. The van der Waals surface area contributed by atoms with Crippen molar-refractivity contribution in [3.8, 4) is 0 Å². The van der Waals surface area contributed by atoms with Crippen LogP contribution in [0.15, 0.2) is 0 Å². The second-order valence-electron chi connectivity index (χ2n) is 7.93. The molecule has 114 valence electrons. The third-order valence-corrected chi connectivity index (χ3v) is 6.28. The summed E-state index contributed by atoms with van der Waals surface area (Å²) in [5.74, 6) is 1.73. The van der Waals surface area contributed by atoms with E-state index in [1.807, 2.05) is 0 Å². The summed E-state index contributed by atoms with van der Waals surface area (Å²) in [6.45, 7) is 3.20. The average Bonchev–Trinajstić information content (AvgIpc) is 2.83. The summed E-state index contributed by atoms with van der Waals surface area (Å²) < 4.78 is 0. The molecular formula is C17H30N2O. The largest absolute Gasteiger partial charge is 0.355 e. The summed E-state index contributed by atoms with van der Waals surface area (Å²) in [5, 5.41) is 3.26. The lowest BCUT2D eigenvalue weighted by Gasteiger charge is -2.43. The van der Waals surface area contributed by atoms with Crippen LogP contribution in [-0.4, -0.2) is 18.5 Å². The molecule has 0 aromatic rings. The zero-order valence-corrected chi connectivity index (χ0v) is 12.9. The molecule has 2 bridgehead atoms. The summed E-state index contributed by atoms with van der Waals surface area (Å²) in [4.78, 5) is 12.5. The van der Waals surface area contributed by atoms with Crippen molar-refractivity contribution in [3.05, 3.63) is 0 Å². The Labute approximate surface area is 123 Å². The highest BCUT2D eigenvalue weighted by Crippen LogP contribution is 2.42. The van der Waals surface area contributed by atoms with E-state index in [9.17, 15) is 4.79 Å². The van der Waals surface area contributed by atoms with Gasteiger partial charge in [-0.05, 0) is 55.8 Å². The van der Waals surface area contributed by atoms with Crippen LogP contribution in [0.3, 0.4) is 0 Å². The third kappa shape index (κ3) is 2.88. The lowest BCUT2D eigenvalue weighted by Crippen LogP contribution is -2.49. The van der Waals surface area contributed by atoms with E-state index in [0.717, 1.165) is 19.4 Å². The molecule has 0 aliphatic heterocycles. The van der Waals surface area contributed by atoms with Gasteiger partial charge in [0.2, 0.25) is 5.91 Å². The topological polar surface area (TPSA) is 55.1 Å². The highest BCUT2D eigenvalue weighted by molar-refractivity contribution is 5.78. The van der Waals surface area contributed by atoms with Gasteiger partial charge in [-0.2, -0.15) is 0 Å². The maximum Gasteiger partial charge on any atom is 0.223 e. The minimum absolute atomic E-state index is 0.232.